The molecule has 0 spiro atoms. The Balaban J connectivity index is 2.40. The van der Waals surface area contributed by atoms with Gasteiger partial charge in [0.1, 0.15) is 0 Å². The third-order valence-electron chi connectivity index (χ3n) is 4.36. The third-order valence-corrected chi connectivity index (χ3v) is 4.36. The second-order valence-corrected chi connectivity index (χ2v) is 6.22. The van der Waals surface area contributed by atoms with Crippen LogP contribution in [0.25, 0.3) is 0 Å². The molecule has 2 heteroatoms. The summed E-state index contributed by atoms with van der Waals surface area (Å²) >= 11 is 0. The highest BCUT2D eigenvalue weighted by Crippen LogP contribution is 2.23. The van der Waals surface area contributed by atoms with Crippen LogP contribution in [0.1, 0.15) is 60.3 Å². The predicted molar refractivity (Wildman–Crippen MR) is 76.5 cm³/mol. The molecule has 0 aromatic rings. The first kappa shape index (κ1) is 15.0. The zero-order valence-electron chi connectivity index (χ0n) is 12.6. The van der Waals surface area contributed by atoms with Crippen molar-refractivity contribution in [2.24, 2.45) is 0 Å². The van der Waals surface area contributed by atoms with Crippen molar-refractivity contribution in [2.45, 2.75) is 71.9 Å². The monoisotopic (exact) mass is 240 g/mol. The van der Waals surface area contributed by atoms with E-state index in [-0.39, 0.29) is 0 Å². The Morgan fingerprint density at radius 2 is 1.59 bits per heavy atom. The summed E-state index contributed by atoms with van der Waals surface area (Å²) in [5, 5.41) is 0. The van der Waals surface area contributed by atoms with E-state index in [4.69, 9.17) is 0 Å². The van der Waals surface area contributed by atoms with Crippen LogP contribution in [0.5, 0.6) is 0 Å². The maximum Gasteiger partial charge on any atom is 0.0154 e. The second kappa shape index (κ2) is 6.75. The summed E-state index contributed by atoms with van der Waals surface area (Å²) in [6.07, 6.45) is 5.26. The third kappa shape index (κ3) is 4.26. The molecule has 0 bridgehead atoms. The summed E-state index contributed by atoms with van der Waals surface area (Å²) in [7, 11) is 0. The SMILES string of the molecule is CCCC(C)N1CCN(C(C)(C)CCC)CC1. The molecule has 0 saturated carbocycles. The molecule has 2 nitrogen and oxygen atoms in total. The second-order valence-electron chi connectivity index (χ2n) is 6.22. The van der Waals surface area contributed by atoms with Gasteiger partial charge in [0, 0.05) is 37.8 Å². The van der Waals surface area contributed by atoms with E-state index in [2.05, 4.69) is 44.4 Å². The van der Waals surface area contributed by atoms with Gasteiger partial charge in [-0.25, -0.2) is 0 Å². The topological polar surface area (TPSA) is 6.48 Å². The van der Waals surface area contributed by atoms with Gasteiger partial charge in [0.15, 0.2) is 0 Å². The van der Waals surface area contributed by atoms with Gasteiger partial charge in [-0.3, -0.25) is 9.80 Å². The molecule has 1 aliphatic heterocycles. The van der Waals surface area contributed by atoms with Crippen molar-refractivity contribution in [2.75, 3.05) is 26.2 Å². The summed E-state index contributed by atoms with van der Waals surface area (Å²) < 4.78 is 0. The van der Waals surface area contributed by atoms with Crippen LogP contribution in [-0.4, -0.2) is 47.6 Å². The first-order valence-corrected chi connectivity index (χ1v) is 7.50. The highest BCUT2D eigenvalue weighted by molar-refractivity contribution is 4.86. The molecule has 0 amide bonds. The Kier molecular flexibility index (Phi) is 5.94. The molecule has 102 valence electrons. The van der Waals surface area contributed by atoms with E-state index in [0.717, 1.165) is 6.04 Å². The molecule has 17 heavy (non-hydrogen) atoms. The van der Waals surface area contributed by atoms with Crippen molar-refractivity contribution in [3.63, 3.8) is 0 Å². The fourth-order valence-electron chi connectivity index (χ4n) is 3.14. The van der Waals surface area contributed by atoms with Crippen LogP contribution in [0.3, 0.4) is 0 Å². The molecular weight excluding hydrogens is 208 g/mol. The minimum atomic E-state index is 0.398. The Hall–Kier alpha value is -0.0800. The van der Waals surface area contributed by atoms with Crippen LogP contribution in [0.4, 0.5) is 0 Å². The van der Waals surface area contributed by atoms with Gasteiger partial charge in [-0.15, -0.1) is 0 Å². The minimum absolute atomic E-state index is 0.398. The Bertz CT molecular complexity index is 205. The smallest absolute Gasteiger partial charge is 0.0154 e. The highest BCUT2D eigenvalue weighted by Gasteiger charge is 2.29. The molecule has 0 aromatic carbocycles. The molecule has 0 aromatic heterocycles. The van der Waals surface area contributed by atoms with Gasteiger partial charge < -0.3 is 0 Å². The van der Waals surface area contributed by atoms with E-state index in [9.17, 15) is 0 Å². The van der Waals surface area contributed by atoms with Gasteiger partial charge in [-0.1, -0.05) is 26.7 Å². The van der Waals surface area contributed by atoms with Crippen LogP contribution >= 0.6 is 0 Å². The fraction of sp³-hybridized carbons (Fsp3) is 1.00. The first-order valence-electron chi connectivity index (χ1n) is 7.50. The number of hydrogen-bond acceptors (Lipinski definition) is 2. The summed E-state index contributed by atoms with van der Waals surface area (Å²) in [6.45, 7) is 16.8. The lowest BCUT2D eigenvalue weighted by molar-refractivity contribution is 0.0311. The molecule has 1 aliphatic rings. The van der Waals surface area contributed by atoms with Gasteiger partial charge in [-0.2, -0.15) is 0 Å². The van der Waals surface area contributed by atoms with E-state index in [1.165, 1.54) is 51.9 Å². The molecule has 1 unspecified atom stereocenters. The lowest BCUT2D eigenvalue weighted by Gasteiger charge is -2.45. The van der Waals surface area contributed by atoms with Crippen molar-refractivity contribution < 1.29 is 0 Å². The lowest BCUT2D eigenvalue weighted by Crippen LogP contribution is -2.56. The molecule has 1 rings (SSSR count). The Labute approximate surface area is 108 Å². The van der Waals surface area contributed by atoms with Gasteiger partial charge in [0.2, 0.25) is 0 Å². The van der Waals surface area contributed by atoms with Crippen molar-refractivity contribution in [3.05, 3.63) is 0 Å². The average molecular weight is 240 g/mol. The van der Waals surface area contributed by atoms with Crippen LogP contribution in [0.2, 0.25) is 0 Å². The lowest BCUT2D eigenvalue weighted by atomic mass is 9.95. The molecule has 0 radical (unpaired) electrons. The van der Waals surface area contributed by atoms with Crippen LogP contribution < -0.4 is 0 Å². The number of nitrogens with zero attached hydrogens (tertiary/aromatic N) is 2. The average Bonchev–Trinajstić information content (AvgIpc) is 2.29. The van der Waals surface area contributed by atoms with E-state index in [1.807, 2.05) is 0 Å². The zero-order chi connectivity index (χ0) is 12.9. The largest absolute Gasteiger partial charge is 0.298 e. The van der Waals surface area contributed by atoms with E-state index >= 15 is 0 Å². The number of piperazine rings is 1. The highest BCUT2D eigenvalue weighted by atomic mass is 15.3. The molecule has 0 N–H and O–H groups in total. The molecule has 1 saturated heterocycles. The molecular formula is C15H32N2. The molecule has 1 fully saturated rings. The van der Waals surface area contributed by atoms with Crippen molar-refractivity contribution in [1.29, 1.82) is 0 Å². The first-order chi connectivity index (χ1) is 8.01. The minimum Gasteiger partial charge on any atom is -0.298 e. The number of rotatable bonds is 6. The fourth-order valence-corrected chi connectivity index (χ4v) is 3.14. The van der Waals surface area contributed by atoms with Gasteiger partial charge in [-0.05, 0) is 33.6 Å². The number of hydrogen-bond donors (Lipinski definition) is 0. The van der Waals surface area contributed by atoms with Crippen molar-refractivity contribution in [1.82, 2.24) is 9.80 Å². The van der Waals surface area contributed by atoms with Gasteiger partial charge >= 0.3 is 0 Å². The van der Waals surface area contributed by atoms with Crippen LogP contribution in [-0.2, 0) is 0 Å². The summed E-state index contributed by atoms with van der Waals surface area (Å²) in [5.74, 6) is 0. The Morgan fingerprint density at radius 1 is 1.00 bits per heavy atom. The molecule has 1 heterocycles. The molecule has 0 aliphatic carbocycles. The van der Waals surface area contributed by atoms with Gasteiger partial charge in [0.25, 0.3) is 0 Å². The quantitative estimate of drug-likeness (QED) is 0.702. The normalized spacial score (nSPS) is 21.7. The summed E-state index contributed by atoms with van der Waals surface area (Å²) in [4.78, 5) is 5.35. The van der Waals surface area contributed by atoms with Crippen molar-refractivity contribution in [3.8, 4) is 0 Å². The maximum atomic E-state index is 2.69. The standard InChI is InChI=1S/C15H32N2/c1-6-8-14(3)16-10-12-17(13-11-16)15(4,5)9-7-2/h14H,6-13H2,1-5H3. The van der Waals surface area contributed by atoms with Crippen LogP contribution in [0.15, 0.2) is 0 Å². The zero-order valence-corrected chi connectivity index (χ0v) is 12.6. The van der Waals surface area contributed by atoms with Crippen molar-refractivity contribution >= 4 is 0 Å². The van der Waals surface area contributed by atoms with E-state index in [0.29, 0.717) is 5.54 Å². The summed E-state index contributed by atoms with van der Waals surface area (Å²) in [6, 6.07) is 0.774. The maximum absolute atomic E-state index is 2.69. The van der Waals surface area contributed by atoms with E-state index in [1.54, 1.807) is 0 Å². The van der Waals surface area contributed by atoms with Crippen LogP contribution in [0, 0.1) is 0 Å². The molecule has 1 atom stereocenters. The summed E-state index contributed by atoms with van der Waals surface area (Å²) in [5.41, 5.74) is 0.398. The predicted octanol–water partition coefficient (Wildman–Crippen LogP) is 3.37. The Morgan fingerprint density at radius 3 is 2.06 bits per heavy atom. The van der Waals surface area contributed by atoms with Gasteiger partial charge in [0.05, 0.1) is 0 Å². The van der Waals surface area contributed by atoms with E-state index < -0.39 is 0 Å².